The van der Waals surface area contributed by atoms with Gasteiger partial charge in [-0.2, -0.15) is 5.26 Å². The topological polar surface area (TPSA) is 93.9 Å². The highest BCUT2D eigenvalue weighted by Gasteiger charge is 2.26. The molecule has 1 saturated heterocycles. The number of nitrogens with one attached hydrogen (secondary N) is 1. The number of ether oxygens (including phenoxy) is 2. The number of halogens is 2. The second kappa shape index (κ2) is 11.6. The number of aromatic hydroxyl groups is 1. The standard InChI is InChI=1S/C27H31Cl2N5O3/c1-16-14-34(15-17(2)33(16)3)6-5-7-37-26-11-22-19(8-25(26)36-4)27(18(12-30)13-31-22)32-23-10-24(35)21(29)9-20(23)28/h8-11,13,16-17,35H,5-7,14-15H2,1-4H3,(H,31,32)/t16-,17+. The third-order valence-corrected chi connectivity index (χ3v) is 7.50. The minimum Gasteiger partial charge on any atom is -0.506 e. The molecule has 0 aliphatic carbocycles. The van der Waals surface area contributed by atoms with E-state index in [1.54, 1.807) is 19.2 Å². The lowest BCUT2D eigenvalue weighted by molar-refractivity contribution is 0.0571. The van der Waals surface area contributed by atoms with Gasteiger partial charge in [-0.25, -0.2) is 0 Å². The normalized spacial score (nSPS) is 18.5. The van der Waals surface area contributed by atoms with Gasteiger partial charge in [0.1, 0.15) is 11.8 Å². The zero-order chi connectivity index (χ0) is 26.7. The molecule has 1 aliphatic heterocycles. The molecule has 2 aromatic carbocycles. The molecule has 0 spiro atoms. The number of pyridine rings is 1. The highest BCUT2D eigenvalue weighted by molar-refractivity contribution is 6.37. The smallest absolute Gasteiger partial charge is 0.163 e. The molecule has 2 atom stereocenters. The number of anilines is 2. The molecule has 0 amide bonds. The van der Waals surface area contributed by atoms with Crippen LogP contribution in [0, 0.1) is 11.3 Å². The van der Waals surface area contributed by atoms with Crippen molar-refractivity contribution in [2.75, 3.05) is 45.7 Å². The summed E-state index contributed by atoms with van der Waals surface area (Å²) in [5, 5.41) is 24.0. The van der Waals surface area contributed by atoms with E-state index in [1.165, 1.54) is 18.3 Å². The van der Waals surface area contributed by atoms with Gasteiger partial charge in [-0.05, 0) is 39.4 Å². The Morgan fingerprint density at radius 3 is 2.54 bits per heavy atom. The zero-order valence-corrected chi connectivity index (χ0v) is 22.9. The molecule has 2 N–H and O–H groups in total. The van der Waals surface area contributed by atoms with E-state index in [2.05, 4.69) is 47.1 Å². The summed E-state index contributed by atoms with van der Waals surface area (Å²) in [6.07, 6.45) is 2.37. The molecule has 1 aromatic heterocycles. The van der Waals surface area contributed by atoms with Gasteiger partial charge in [-0.1, -0.05) is 23.2 Å². The Morgan fingerprint density at radius 1 is 1.14 bits per heavy atom. The van der Waals surface area contributed by atoms with Crippen molar-refractivity contribution >= 4 is 45.5 Å². The van der Waals surface area contributed by atoms with Crippen LogP contribution >= 0.6 is 23.2 Å². The summed E-state index contributed by atoms with van der Waals surface area (Å²) in [5.74, 6) is 0.985. The third kappa shape index (κ3) is 5.97. The van der Waals surface area contributed by atoms with Gasteiger partial charge in [0.2, 0.25) is 0 Å². The number of methoxy groups -OCH3 is 1. The van der Waals surface area contributed by atoms with Crippen molar-refractivity contribution in [1.82, 2.24) is 14.8 Å². The number of likely N-dealkylation sites (N-methyl/N-ethyl adjacent to an activating group) is 1. The number of fused-ring (bicyclic) bond motifs is 1. The molecule has 1 aliphatic rings. The maximum Gasteiger partial charge on any atom is 0.163 e. The van der Waals surface area contributed by atoms with Crippen molar-refractivity contribution in [2.24, 2.45) is 0 Å². The van der Waals surface area contributed by atoms with Gasteiger partial charge in [0.15, 0.2) is 11.5 Å². The summed E-state index contributed by atoms with van der Waals surface area (Å²) in [6.45, 7) is 8.13. The van der Waals surface area contributed by atoms with E-state index < -0.39 is 0 Å². The van der Waals surface area contributed by atoms with Crippen molar-refractivity contribution < 1.29 is 14.6 Å². The van der Waals surface area contributed by atoms with Crippen LogP contribution in [0.15, 0.2) is 30.5 Å². The Kier molecular flexibility index (Phi) is 8.50. The summed E-state index contributed by atoms with van der Waals surface area (Å²) in [5.41, 5.74) is 1.82. The SMILES string of the molecule is COc1cc2c(Nc3cc(O)c(Cl)cc3Cl)c(C#N)cnc2cc1OCCCN1C[C@@H](C)N(C)[C@@H](C)C1. The molecule has 0 bridgehead atoms. The summed E-state index contributed by atoms with van der Waals surface area (Å²) >= 11 is 12.3. The molecule has 3 aromatic rings. The first-order valence-electron chi connectivity index (χ1n) is 12.1. The van der Waals surface area contributed by atoms with Gasteiger partial charge in [-0.3, -0.25) is 9.88 Å². The number of hydrogen-bond donors (Lipinski definition) is 2. The van der Waals surface area contributed by atoms with Crippen LogP contribution in [-0.4, -0.2) is 72.4 Å². The molecule has 1 fully saturated rings. The van der Waals surface area contributed by atoms with E-state index in [-0.39, 0.29) is 10.8 Å². The number of phenols is 1. The van der Waals surface area contributed by atoms with Gasteiger partial charge >= 0.3 is 0 Å². The molecule has 2 heterocycles. The van der Waals surface area contributed by atoms with Crippen LogP contribution in [0.4, 0.5) is 11.4 Å². The Hall–Kier alpha value is -2.96. The first kappa shape index (κ1) is 27.1. The van der Waals surface area contributed by atoms with Gasteiger partial charge in [0, 0.05) is 55.4 Å². The van der Waals surface area contributed by atoms with Crippen molar-refractivity contribution in [3.8, 4) is 23.3 Å². The number of rotatable bonds is 8. The maximum absolute atomic E-state index is 10.0. The number of phenolic OH excluding ortho intramolecular Hbond substituents is 1. The fourth-order valence-electron chi connectivity index (χ4n) is 4.63. The van der Waals surface area contributed by atoms with Crippen molar-refractivity contribution in [3.63, 3.8) is 0 Å². The lowest BCUT2D eigenvalue weighted by atomic mass is 10.1. The number of hydrogen-bond acceptors (Lipinski definition) is 8. The van der Waals surface area contributed by atoms with Crippen LogP contribution in [0.2, 0.25) is 10.0 Å². The van der Waals surface area contributed by atoms with E-state index in [1.807, 2.05) is 0 Å². The van der Waals surface area contributed by atoms with E-state index in [4.69, 9.17) is 32.7 Å². The summed E-state index contributed by atoms with van der Waals surface area (Å²) < 4.78 is 11.7. The third-order valence-electron chi connectivity index (χ3n) is 6.88. The lowest BCUT2D eigenvalue weighted by Crippen LogP contribution is -2.55. The molecule has 196 valence electrons. The first-order chi connectivity index (χ1) is 17.7. The number of nitriles is 1. The summed E-state index contributed by atoms with van der Waals surface area (Å²) in [4.78, 5) is 9.36. The number of piperazine rings is 1. The van der Waals surface area contributed by atoms with Gasteiger partial charge in [-0.15, -0.1) is 0 Å². The first-order valence-corrected chi connectivity index (χ1v) is 12.9. The van der Waals surface area contributed by atoms with E-state index in [0.29, 0.717) is 63.1 Å². The average molecular weight is 544 g/mol. The molecule has 0 unspecified atom stereocenters. The van der Waals surface area contributed by atoms with E-state index in [0.717, 1.165) is 26.1 Å². The summed E-state index contributed by atoms with van der Waals surface area (Å²) in [6, 6.07) is 9.66. The van der Waals surface area contributed by atoms with Gasteiger partial charge < -0.3 is 24.8 Å². The van der Waals surface area contributed by atoms with Crippen LogP contribution < -0.4 is 14.8 Å². The predicted octanol–water partition coefficient (Wildman–Crippen LogP) is 5.66. The quantitative estimate of drug-likeness (QED) is 0.351. The van der Waals surface area contributed by atoms with Crippen molar-refractivity contribution in [2.45, 2.75) is 32.4 Å². The summed E-state index contributed by atoms with van der Waals surface area (Å²) in [7, 11) is 3.76. The van der Waals surface area contributed by atoms with E-state index in [9.17, 15) is 10.4 Å². The van der Waals surface area contributed by atoms with E-state index >= 15 is 0 Å². The zero-order valence-electron chi connectivity index (χ0n) is 21.4. The number of aromatic nitrogens is 1. The van der Waals surface area contributed by atoms with Crippen LogP contribution in [0.1, 0.15) is 25.8 Å². The second-order valence-electron chi connectivity index (χ2n) is 9.41. The van der Waals surface area contributed by atoms with Gasteiger partial charge in [0.05, 0.1) is 46.2 Å². The average Bonchev–Trinajstić information content (AvgIpc) is 2.87. The lowest BCUT2D eigenvalue weighted by Gasteiger charge is -2.42. The van der Waals surface area contributed by atoms with Crippen LogP contribution in [-0.2, 0) is 0 Å². The highest BCUT2D eigenvalue weighted by atomic mass is 35.5. The van der Waals surface area contributed by atoms with Crippen molar-refractivity contribution in [1.29, 1.82) is 5.26 Å². The Labute approximate surface area is 227 Å². The van der Waals surface area contributed by atoms with Crippen LogP contribution in [0.3, 0.4) is 0 Å². The molecule has 10 heteroatoms. The molecular formula is C27H31Cl2N5O3. The number of nitrogens with zero attached hydrogens (tertiary/aromatic N) is 4. The monoisotopic (exact) mass is 543 g/mol. The Morgan fingerprint density at radius 2 is 1.86 bits per heavy atom. The minimum atomic E-state index is -0.126. The fourth-order valence-corrected chi connectivity index (χ4v) is 5.06. The second-order valence-corrected chi connectivity index (χ2v) is 10.2. The maximum atomic E-state index is 10.0. The van der Waals surface area contributed by atoms with Gasteiger partial charge in [0.25, 0.3) is 0 Å². The number of benzene rings is 2. The van der Waals surface area contributed by atoms with Crippen LogP contribution in [0.25, 0.3) is 10.9 Å². The Balaban J connectivity index is 1.54. The molecule has 37 heavy (non-hydrogen) atoms. The molecule has 4 rings (SSSR count). The molecule has 8 nitrogen and oxygen atoms in total. The largest absolute Gasteiger partial charge is 0.506 e. The predicted molar refractivity (Wildman–Crippen MR) is 148 cm³/mol. The van der Waals surface area contributed by atoms with Crippen molar-refractivity contribution in [3.05, 3.63) is 46.1 Å². The fraction of sp³-hybridized carbons (Fsp3) is 0.407. The minimum absolute atomic E-state index is 0.126. The molecule has 0 radical (unpaired) electrons. The molecular weight excluding hydrogens is 513 g/mol. The highest BCUT2D eigenvalue weighted by Crippen LogP contribution is 2.40. The van der Waals surface area contributed by atoms with Crippen LogP contribution in [0.5, 0.6) is 17.2 Å². The Bertz CT molecular complexity index is 1320. The molecule has 0 saturated carbocycles.